The first-order valence-electron chi connectivity index (χ1n) is 10.3. The number of benzene rings is 1. The number of morpholine rings is 1. The molecule has 7 nitrogen and oxygen atoms in total. The van der Waals surface area contributed by atoms with Crippen molar-refractivity contribution < 1.29 is 19.1 Å². The molecule has 0 radical (unpaired) electrons. The Kier molecular flexibility index (Phi) is 5.99. The maximum atomic E-state index is 13.4. The third kappa shape index (κ3) is 4.16. The third-order valence-electron chi connectivity index (χ3n) is 5.94. The highest BCUT2D eigenvalue weighted by Gasteiger charge is 2.42. The smallest absolute Gasteiger partial charge is 0.254 e. The summed E-state index contributed by atoms with van der Waals surface area (Å²) in [4.78, 5) is 33.2. The fraction of sp³-hybridized carbons (Fsp3) is 0.435. The Labute approximate surface area is 176 Å². The molecule has 2 aliphatic rings. The Balaban J connectivity index is 1.45. The second kappa shape index (κ2) is 8.83. The van der Waals surface area contributed by atoms with E-state index < -0.39 is 12.1 Å². The van der Waals surface area contributed by atoms with Crippen molar-refractivity contribution in [2.24, 2.45) is 0 Å². The normalized spacial score (nSPS) is 22.8. The average molecular weight is 409 g/mol. The standard InChI is InChI=1S/C23H27N3O4/c1-16-5-3-4-6-19(16)21-22(29-15-20(27)25(21)2)23(28)26-13-9-18(10-14-26)30-17-7-11-24-12-8-17/h3-8,11-12,18,21-22H,9-10,13-15H2,1-2H3/t21-,22+/m1/s1. The van der Waals surface area contributed by atoms with E-state index in [-0.39, 0.29) is 24.5 Å². The van der Waals surface area contributed by atoms with Crippen LogP contribution < -0.4 is 4.74 Å². The quantitative estimate of drug-likeness (QED) is 0.775. The van der Waals surface area contributed by atoms with Crippen molar-refractivity contribution in [1.29, 1.82) is 0 Å². The Bertz CT molecular complexity index is 896. The lowest BCUT2D eigenvalue weighted by molar-refractivity contribution is -0.168. The summed E-state index contributed by atoms with van der Waals surface area (Å²) in [6.07, 6.45) is 4.29. The SMILES string of the molecule is Cc1ccccc1[C@@H]1[C@@H](C(=O)N2CCC(Oc3ccncc3)CC2)OCC(=O)N1C. The molecule has 2 aromatic rings. The zero-order valence-corrected chi connectivity index (χ0v) is 17.4. The van der Waals surface area contributed by atoms with Gasteiger partial charge in [0.25, 0.3) is 5.91 Å². The van der Waals surface area contributed by atoms with Gasteiger partial charge in [0, 0.05) is 45.4 Å². The molecule has 2 atom stereocenters. The summed E-state index contributed by atoms with van der Waals surface area (Å²) in [5.41, 5.74) is 1.98. The molecule has 2 fully saturated rings. The van der Waals surface area contributed by atoms with E-state index in [2.05, 4.69) is 4.98 Å². The van der Waals surface area contributed by atoms with E-state index in [1.807, 2.05) is 48.2 Å². The second-order valence-electron chi connectivity index (χ2n) is 7.86. The summed E-state index contributed by atoms with van der Waals surface area (Å²) < 4.78 is 11.8. The highest BCUT2D eigenvalue weighted by molar-refractivity contribution is 5.86. The number of likely N-dealkylation sites (tertiary alicyclic amines) is 1. The zero-order chi connectivity index (χ0) is 21.1. The van der Waals surface area contributed by atoms with Gasteiger partial charge in [0.1, 0.15) is 18.5 Å². The number of piperidine rings is 1. The molecular formula is C23H27N3O4. The van der Waals surface area contributed by atoms with Gasteiger partial charge in [0.05, 0.1) is 6.04 Å². The van der Waals surface area contributed by atoms with Gasteiger partial charge in [0.2, 0.25) is 5.91 Å². The van der Waals surface area contributed by atoms with Gasteiger partial charge in [-0.1, -0.05) is 24.3 Å². The number of nitrogens with zero attached hydrogens (tertiary/aromatic N) is 3. The lowest BCUT2D eigenvalue weighted by atomic mass is 9.93. The van der Waals surface area contributed by atoms with Crippen LogP contribution in [-0.2, 0) is 14.3 Å². The van der Waals surface area contributed by atoms with Gasteiger partial charge in [-0.25, -0.2) is 0 Å². The van der Waals surface area contributed by atoms with Crippen LogP contribution in [0.4, 0.5) is 0 Å². The molecule has 0 spiro atoms. The number of pyridine rings is 1. The van der Waals surface area contributed by atoms with Crippen LogP contribution in [0.3, 0.4) is 0 Å². The molecule has 2 aliphatic heterocycles. The number of ether oxygens (including phenoxy) is 2. The Hall–Kier alpha value is -2.93. The van der Waals surface area contributed by atoms with E-state index in [0.717, 1.165) is 29.7 Å². The number of aromatic nitrogens is 1. The number of rotatable bonds is 4. The van der Waals surface area contributed by atoms with Crippen LogP contribution in [0.1, 0.15) is 30.0 Å². The van der Waals surface area contributed by atoms with Crippen LogP contribution in [0, 0.1) is 6.92 Å². The fourth-order valence-corrected chi connectivity index (χ4v) is 4.19. The van der Waals surface area contributed by atoms with Gasteiger partial charge in [-0.05, 0) is 30.2 Å². The Morgan fingerprint density at radius 1 is 1.13 bits per heavy atom. The third-order valence-corrected chi connectivity index (χ3v) is 5.94. The van der Waals surface area contributed by atoms with E-state index in [1.165, 1.54) is 0 Å². The molecule has 30 heavy (non-hydrogen) atoms. The lowest BCUT2D eigenvalue weighted by Crippen LogP contribution is -2.55. The molecule has 4 rings (SSSR count). The van der Waals surface area contributed by atoms with Crippen molar-refractivity contribution in [2.45, 2.75) is 38.0 Å². The van der Waals surface area contributed by atoms with Crippen molar-refractivity contribution in [3.8, 4) is 5.75 Å². The predicted molar refractivity (Wildman–Crippen MR) is 111 cm³/mol. The van der Waals surface area contributed by atoms with Crippen LogP contribution in [0.5, 0.6) is 5.75 Å². The van der Waals surface area contributed by atoms with Crippen molar-refractivity contribution in [1.82, 2.24) is 14.8 Å². The molecule has 0 aliphatic carbocycles. The van der Waals surface area contributed by atoms with Crippen LogP contribution in [0.25, 0.3) is 0 Å². The van der Waals surface area contributed by atoms with Crippen LogP contribution in [0.15, 0.2) is 48.8 Å². The van der Waals surface area contributed by atoms with Crippen molar-refractivity contribution in [3.05, 3.63) is 59.9 Å². The van der Waals surface area contributed by atoms with Crippen LogP contribution in [0.2, 0.25) is 0 Å². The molecule has 1 aromatic carbocycles. The van der Waals surface area contributed by atoms with Gasteiger partial charge in [-0.2, -0.15) is 0 Å². The van der Waals surface area contributed by atoms with Crippen LogP contribution >= 0.6 is 0 Å². The molecule has 1 aromatic heterocycles. The Morgan fingerprint density at radius 3 is 2.53 bits per heavy atom. The van der Waals surface area contributed by atoms with Gasteiger partial charge >= 0.3 is 0 Å². The van der Waals surface area contributed by atoms with Gasteiger partial charge in [0.15, 0.2) is 6.10 Å². The molecule has 0 N–H and O–H groups in total. The number of hydrogen-bond acceptors (Lipinski definition) is 5. The summed E-state index contributed by atoms with van der Waals surface area (Å²) in [6.45, 7) is 3.13. The topological polar surface area (TPSA) is 72.0 Å². The minimum absolute atomic E-state index is 0.0648. The monoisotopic (exact) mass is 409 g/mol. The second-order valence-corrected chi connectivity index (χ2v) is 7.86. The molecular weight excluding hydrogens is 382 g/mol. The summed E-state index contributed by atoms with van der Waals surface area (Å²) in [6, 6.07) is 11.1. The largest absolute Gasteiger partial charge is 0.490 e. The number of amides is 2. The fourth-order valence-electron chi connectivity index (χ4n) is 4.19. The molecule has 7 heteroatoms. The van der Waals surface area contributed by atoms with E-state index >= 15 is 0 Å². The van der Waals surface area contributed by atoms with Crippen molar-refractivity contribution in [3.63, 3.8) is 0 Å². The molecule has 158 valence electrons. The molecule has 0 bridgehead atoms. The lowest BCUT2D eigenvalue weighted by Gasteiger charge is -2.42. The minimum Gasteiger partial charge on any atom is -0.490 e. The van der Waals surface area contributed by atoms with Gasteiger partial charge < -0.3 is 19.3 Å². The summed E-state index contributed by atoms with van der Waals surface area (Å²) in [5.74, 6) is 0.617. The number of carbonyl (C=O) groups excluding carboxylic acids is 2. The zero-order valence-electron chi connectivity index (χ0n) is 17.4. The number of likely N-dealkylation sites (N-methyl/N-ethyl adjacent to an activating group) is 1. The number of hydrogen-bond donors (Lipinski definition) is 0. The summed E-state index contributed by atoms with van der Waals surface area (Å²) >= 11 is 0. The van der Waals surface area contributed by atoms with Crippen LogP contribution in [-0.4, -0.2) is 65.6 Å². The van der Waals surface area contributed by atoms with Crippen molar-refractivity contribution >= 4 is 11.8 Å². The van der Waals surface area contributed by atoms with E-state index in [4.69, 9.17) is 9.47 Å². The number of carbonyl (C=O) groups is 2. The Morgan fingerprint density at radius 2 is 1.83 bits per heavy atom. The summed E-state index contributed by atoms with van der Waals surface area (Å²) in [5, 5.41) is 0. The average Bonchev–Trinajstić information content (AvgIpc) is 2.77. The van der Waals surface area contributed by atoms with E-state index in [1.54, 1.807) is 24.3 Å². The first kappa shape index (κ1) is 20.3. The first-order valence-corrected chi connectivity index (χ1v) is 10.3. The highest BCUT2D eigenvalue weighted by atomic mass is 16.5. The molecule has 0 unspecified atom stereocenters. The predicted octanol–water partition coefficient (Wildman–Crippen LogP) is 2.36. The van der Waals surface area contributed by atoms with Gasteiger partial charge in [-0.3, -0.25) is 14.6 Å². The molecule has 2 amide bonds. The maximum absolute atomic E-state index is 13.4. The minimum atomic E-state index is -0.702. The summed E-state index contributed by atoms with van der Waals surface area (Å²) in [7, 11) is 1.75. The molecule has 0 saturated carbocycles. The number of aryl methyl sites for hydroxylation is 1. The van der Waals surface area contributed by atoms with E-state index in [9.17, 15) is 9.59 Å². The first-order chi connectivity index (χ1) is 14.5. The van der Waals surface area contributed by atoms with Crippen molar-refractivity contribution in [2.75, 3.05) is 26.7 Å². The molecule has 3 heterocycles. The van der Waals surface area contributed by atoms with E-state index in [0.29, 0.717) is 13.1 Å². The molecule has 2 saturated heterocycles. The highest BCUT2D eigenvalue weighted by Crippen LogP contribution is 2.32. The van der Waals surface area contributed by atoms with Gasteiger partial charge in [-0.15, -0.1) is 0 Å². The maximum Gasteiger partial charge on any atom is 0.254 e.